The number of esters is 1. The summed E-state index contributed by atoms with van der Waals surface area (Å²) in [5.41, 5.74) is 2.06. The molecule has 0 fully saturated rings. The molecule has 0 aliphatic rings. The molecule has 0 aliphatic heterocycles. The van der Waals surface area contributed by atoms with Gasteiger partial charge in [0, 0.05) is 56.7 Å². The van der Waals surface area contributed by atoms with Crippen LogP contribution in [0.3, 0.4) is 0 Å². The number of aromatic nitrogens is 1. The van der Waals surface area contributed by atoms with Crippen LogP contribution in [0.15, 0.2) is 52.7 Å². The summed E-state index contributed by atoms with van der Waals surface area (Å²) < 4.78 is 23.7. The molecule has 3 aromatic rings. The summed E-state index contributed by atoms with van der Waals surface area (Å²) in [5, 5.41) is 28.9. The number of hydrogen-bond donors (Lipinski definition) is 0. The van der Waals surface area contributed by atoms with Gasteiger partial charge < -0.3 is 22.9 Å². The van der Waals surface area contributed by atoms with Gasteiger partial charge in [0.05, 0.1) is 39.9 Å². The van der Waals surface area contributed by atoms with Gasteiger partial charge in [0.1, 0.15) is 6.61 Å². The Morgan fingerprint density at radius 2 is 1.75 bits per heavy atom. The number of unbranched alkanes of at least 4 members (excludes halogenated alkanes) is 1. The molecule has 0 saturated heterocycles. The number of ether oxygens (including phenoxy) is 1. The lowest BCUT2D eigenvalue weighted by atomic mass is 10.2. The van der Waals surface area contributed by atoms with Gasteiger partial charge in [-0.1, -0.05) is 11.3 Å². The van der Waals surface area contributed by atoms with Crippen LogP contribution < -0.4 is 4.90 Å². The van der Waals surface area contributed by atoms with Gasteiger partial charge in [-0.15, -0.1) is 10.2 Å². The fourth-order valence-corrected chi connectivity index (χ4v) is 7.90. The van der Waals surface area contributed by atoms with E-state index >= 15 is 0 Å². The molecule has 13 nitrogen and oxygen atoms in total. The van der Waals surface area contributed by atoms with Crippen LogP contribution in [0.2, 0.25) is 6.04 Å². The Morgan fingerprint density at radius 3 is 2.39 bits per heavy atom. The first-order valence-corrected chi connectivity index (χ1v) is 17.3. The molecule has 2 aromatic carbocycles. The molecule has 3 rings (SSSR count). The van der Waals surface area contributed by atoms with Crippen LogP contribution in [0.5, 0.6) is 0 Å². The lowest BCUT2D eigenvalue weighted by Gasteiger charge is -2.28. The first-order chi connectivity index (χ1) is 21.3. The maximum atomic E-state index is 12.4. The molecule has 1 aromatic heterocycles. The fourth-order valence-electron chi connectivity index (χ4n) is 4.40. The van der Waals surface area contributed by atoms with Crippen molar-refractivity contribution in [2.45, 2.75) is 52.5 Å². The molecule has 0 bridgehead atoms. The van der Waals surface area contributed by atoms with Gasteiger partial charge in [0.15, 0.2) is 0 Å². The summed E-state index contributed by atoms with van der Waals surface area (Å²) in [6, 6.07) is 14.6. The van der Waals surface area contributed by atoms with E-state index in [1.807, 2.05) is 37.8 Å². The zero-order valence-corrected chi connectivity index (χ0v) is 27.1. The maximum absolute atomic E-state index is 12.4. The van der Waals surface area contributed by atoms with E-state index in [0.29, 0.717) is 72.8 Å². The van der Waals surface area contributed by atoms with Gasteiger partial charge >= 0.3 is 14.8 Å². The molecule has 0 radical (unpaired) electrons. The van der Waals surface area contributed by atoms with Gasteiger partial charge in [0.25, 0.3) is 5.69 Å². The highest BCUT2D eigenvalue weighted by molar-refractivity contribution is 7.21. The van der Waals surface area contributed by atoms with Crippen LogP contribution in [0, 0.1) is 21.4 Å². The van der Waals surface area contributed by atoms with Crippen molar-refractivity contribution in [2.24, 2.45) is 10.2 Å². The predicted octanol–water partition coefficient (Wildman–Crippen LogP) is 7.10. The van der Waals surface area contributed by atoms with Crippen LogP contribution >= 0.6 is 11.3 Å². The molecule has 0 unspecified atom stereocenters. The van der Waals surface area contributed by atoms with E-state index in [1.165, 1.54) is 23.5 Å². The number of anilines is 1. The number of nitrogens with zero attached hydrogens (tertiary/aromatic N) is 6. The van der Waals surface area contributed by atoms with E-state index in [9.17, 15) is 14.9 Å². The number of carbonyl (C=O) groups excluding carboxylic acids is 1. The molecule has 236 valence electrons. The Hall–Kier alpha value is -3.81. The number of carbonyl (C=O) groups is 1. The van der Waals surface area contributed by atoms with Gasteiger partial charge in [-0.2, -0.15) is 5.26 Å². The third-order valence-electron chi connectivity index (χ3n) is 6.36. The second-order valence-corrected chi connectivity index (χ2v) is 13.2. The largest absolute Gasteiger partial charge is 0.500 e. The number of thiazole rings is 1. The Morgan fingerprint density at radius 1 is 1.05 bits per heavy atom. The van der Waals surface area contributed by atoms with Gasteiger partial charge in [-0.05, 0) is 63.9 Å². The second kappa shape index (κ2) is 18.1. The predicted molar refractivity (Wildman–Crippen MR) is 170 cm³/mol. The third kappa shape index (κ3) is 10.7. The summed E-state index contributed by atoms with van der Waals surface area (Å²) in [6.45, 7) is 8.41. The molecular weight excluding hydrogens is 605 g/mol. The summed E-state index contributed by atoms with van der Waals surface area (Å²) in [6.07, 6.45) is 1.99. The number of nitro groups is 1. The smallest absolute Gasteiger partial charge is 0.464 e. The Labute approximate surface area is 261 Å². The first kappa shape index (κ1) is 34.7. The van der Waals surface area contributed by atoms with Crippen LogP contribution in [0.4, 0.5) is 22.2 Å². The quantitative estimate of drug-likeness (QED) is 0.0310. The van der Waals surface area contributed by atoms with E-state index in [0.717, 1.165) is 12.1 Å². The highest BCUT2D eigenvalue weighted by Gasteiger charge is 2.39. The molecule has 0 spiro atoms. The van der Waals surface area contributed by atoms with Gasteiger partial charge in [0.2, 0.25) is 5.13 Å². The molecule has 0 N–H and O–H groups in total. The second-order valence-electron chi connectivity index (χ2n) is 9.43. The van der Waals surface area contributed by atoms with E-state index < -0.39 is 13.7 Å². The normalized spacial score (nSPS) is 11.6. The van der Waals surface area contributed by atoms with E-state index in [1.54, 1.807) is 18.2 Å². The Kier molecular flexibility index (Phi) is 14.3. The maximum Gasteiger partial charge on any atom is 0.500 e. The van der Waals surface area contributed by atoms with Gasteiger partial charge in [-0.25, -0.2) is 4.98 Å². The molecule has 0 saturated carbocycles. The van der Waals surface area contributed by atoms with Crippen molar-refractivity contribution in [1.82, 2.24) is 4.98 Å². The van der Waals surface area contributed by atoms with Crippen LogP contribution in [-0.2, 0) is 22.8 Å². The minimum absolute atomic E-state index is 0.00231. The average molecular weight is 643 g/mol. The number of non-ortho nitro benzene ring substituents is 1. The molecule has 0 aliphatic carbocycles. The summed E-state index contributed by atoms with van der Waals surface area (Å²) in [7, 11) is -2.72. The van der Waals surface area contributed by atoms with Crippen LogP contribution in [0.1, 0.15) is 46.5 Å². The molecule has 0 amide bonds. The number of azo groups is 1. The zero-order valence-electron chi connectivity index (χ0n) is 25.3. The average Bonchev–Trinajstić information content (AvgIpc) is 3.43. The van der Waals surface area contributed by atoms with Crippen LogP contribution in [0.25, 0.3) is 10.2 Å². The van der Waals surface area contributed by atoms with E-state index in [4.69, 9.17) is 23.3 Å². The molecule has 0 atom stereocenters. The van der Waals surface area contributed by atoms with Gasteiger partial charge in [-0.3, -0.25) is 14.9 Å². The molecular formula is C29H38N6O7SSi. The number of nitriles is 1. The van der Waals surface area contributed by atoms with Crippen molar-refractivity contribution in [3.63, 3.8) is 0 Å². The molecule has 1 heterocycles. The summed E-state index contributed by atoms with van der Waals surface area (Å²) in [4.78, 5) is 29.3. The SMILES string of the molecule is CCO[Si](CCCCC(=O)OCCN(CCC#N)c1ccc(N=Nc2nc3ccc([N+](=O)[O-])cc3s2)cc1)(OCC)OCC. The Balaban J connectivity index is 1.50. The highest BCUT2D eigenvalue weighted by atomic mass is 32.1. The number of nitro benzene ring substituents is 1. The van der Waals surface area contributed by atoms with Crippen LogP contribution in [-0.4, -0.2) is 64.2 Å². The number of hydrogen-bond acceptors (Lipinski definition) is 13. The van der Waals surface area contributed by atoms with E-state index in [2.05, 4.69) is 21.3 Å². The number of benzene rings is 2. The van der Waals surface area contributed by atoms with Crippen molar-refractivity contribution in [3.8, 4) is 6.07 Å². The monoisotopic (exact) mass is 642 g/mol. The number of rotatable bonds is 20. The number of fused-ring (bicyclic) bond motifs is 1. The fraction of sp³-hybridized carbons (Fsp3) is 0.483. The van der Waals surface area contributed by atoms with Crippen molar-refractivity contribution >= 4 is 58.5 Å². The van der Waals surface area contributed by atoms with Crippen molar-refractivity contribution in [2.75, 3.05) is 44.4 Å². The Bertz CT molecular complexity index is 1410. The third-order valence-corrected chi connectivity index (χ3v) is 10.4. The molecule has 44 heavy (non-hydrogen) atoms. The zero-order chi connectivity index (χ0) is 31.8. The summed E-state index contributed by atoms with van der Waals surface area (Å²) >= 11 is 1.22. The first-order valence-electron chi connectivity index (χ1n) is 14.6. The van der Waals surface area contributed by atoms with Crippen molar-refractivity contribution in [3.05, 3.63) is 52.6 Å². The van der Waals surface area contributed by atoms with Crippen molar-refractivity contribution < 1.29 is 27.7 Å². The lowest BCUT2D eigenvalue weighted by Crippen LogP contribution is -2.45. The lowest BCUT2D eigenvalue weighted by molar-refractivity contribution is -0.384. The minimum atomic E-state index is -2.72. The standard InChI is InChI=1S/C29H38N6O7SSi/c1-4-40-44(41-5-2,42-6-3)21-8-7-10-28(36)39-20-19-34(18-9-17-30)24-13-11-23(12-14-24)32-33-29-31-26-16-15-25(35(37)38)22-27(26)43-29/h11-16,22H,4-10,18-21H2,1-3H3. The van der Waals surface area contributed by atoms with E-state index in [-0.39, 0.29) is 24.7 Å². The summed E-state index contributed by atoms with van der Waals surface area (Å²) in [5.74, 6) is -0.276. The minimum Gasteiger partial charge on any atom is -0.464 e. The molecule has 15 heteroatoms. The topological polar surface area (TPSA) is 162 Å². The van der Waals surface area contributed by atoms with Crippen molar-refractivity contribution in [1.29, 1.82) is 5.26 Å². The highest BCUT2D eigenvalue weighted by Crippen LogP contribution is 2.32.